The Bertz CT molecular complexity index is 1050. The number of rotatable bonds is 5. The lowest BCUT2D eigenvalue weighted by Gasteiger charge is -2.25. The molecule has 0 spiro atoms. The molecule has 2 heterocycles. The van der Waals surface area contributed by atoms with Gasteiger partial charge < -0.3 is 19.5 Å². The van der Waals surface area contributed by atoms with E-state index in [9.17, 15) is 14.4 Å². The first-order valence-corrected chi connectivity index (χ1v) is 9.55. The zero-order chi connectivity index (χ0) is 21.5. The lowest BCUT2D eigenvalue weighted by atomic mass is 9.91. The molecule has 8 nitrogen and oxygen atoms in total. The third-order valence-corrected chi connectivity index (χ3v) is 5.41. The van der Waals surface area contributed by atoms with E-state index in [0.717, 1.165) is 4.90 Å². The lowest BCUT2D eigenvalue weighted by Crippen LogP contribution is -2.41. The number of imide groups is 1. The van der Waals surface area contributed by atoms with Crippen molar-refractivity contribution in [2.75, 3.05) is 20.3 Å². The second kappa shape index (κ2) is 7.37. The number of carbonyl (C=O) groups is 3. The Kier molecular flexibility index (Phi) is 4.85. The van der Waals surface area contributed by atoms with Gasteiger partial charge in [0, 0.05) is 11.1 Å². The Morgan fingerprint density at radius 1 is 1.13 bits per heavy atom. The maximum absolute atomic E-state index is 13.3. The van der Waals surface area contributed by atoms with E-state index in [1.807, 2.05) is 0 Å². The van der Waals surface area contributed by atoms with Crippen LogP contribution in [0.4, 0.5) is 4.79 Å². The molecule has 1 saturated heterocycles. The van der Waals surface area contributed by atoms with Crippen LogP contribution in [0.3, 0.4) is 0 Å². The molecular weight excluding hydrogens is 388 g/mol. The minimum absolute atomic E-state index is 0.0187. The van der Waals surface area contributed by atoms with Gasteiger partial charge in [-0.25, -0.2) is 4.79 Å². The van der Waals surface area contributed by atoms with Crippen molar-refractivity contribution >= 4 is 17.7 Å². The molecule has 1 atom stereocenters. The highest BCUT2D eigenvalue weighted by Gasteiger charge is 2.49. The van der Waals surface area contributed by atoms with E-state index >= 15 is 0 Å². The molecular formula is C22H22N2O6. The van der Waals surface area contributed by atoms with Gasteiger partial charge in [-0.1, -0.05) is 6.07 Å². The van der Waals surface area contributed by atoms with Crippen molar-refractivity contribution in [3.8, 4) is 17.2 Å². The van der Waals surface area contributed by atoms with Crippen molar-refractivity contribution in [1.29, 1.82) is 0 Å². The summed E-state index contributed by atoms with van der Waals surface area (Å²) in [5.41, 5.74) is 0.392. The van der Waals surface area contributed by atoms with Gasteiger partial charge in [-0.2, -0.15) is 0 Å². The Hall–Kier alpha value is -3.55. The number of Topliss-reactive ketones (excluding diaryl/α,β-unsaturated/α-hetero) is 1. The second-order valence-corrected chi connectivity index (χ2v) is 7.39. The quantitative estimate of drug-likeness (QED) is 0.602. The van der Waals surface area contributed by atoms with Crippen molar-refractivity contribution in [3.63, 3.8) is 0 Å². The number of ether oxygens (including phenoxy) is 3. The van der Waals surface area contributed by atoms with Gasteiger partial charge >= 0.3 is 6.03 Å². The summed E-state index contributed by atoms with van der Waals surface area (Å²) in [5.74, 6) is 1.12. The normalized spacial score (nSPS) is 20.2. The van der Waals surface area contributed by atoms with Crippen LogP contribution in [-0.2, 0) is 16.9 Å². The largest absolute Gasteiger partial charge is 0.496 e. The standard InChI is InChI=1S/C22H22N2O6/c1-13(25)14-4-6-17(28-3)15(10-14)12-24-20(26)22(2,23-21(24)27)16-5-7-18-19(11-16)30-9-8-29-18/h4-7,10-11H,8-9,12H2,1-3H3,(H,23,27). The first kappa shape index (κ1) is 19.8. The third kappa shape index (κ3) is 3.24. The van der Waals surface area contributed by atoms with E-state index in [0.29, 0.717) is 47.2 Å². The molecule has 1 N–H and O–H groups in total. The lowest BCUT2D eigenvalue weighted by molar-refractivity contribution is -0.131. The smallest absolute Gasteiger partial charge is 0.325 e. The number of carbonyl (C=O) groups excluding carboxylic acids is 3. The van der Waals surface area contributed by atoms with Crippen LogP contribution in [0.15, 0.2) is 36.4 Å². The van der Waals surface area contributed by atoms with Crippen molar-refractivity contribution < 1.29 is 28.6 Å². The van der Waals surface area contributed by atoms with E-state index in [4.69, 9.17) is 14.2 Å². The fraction of sp³-hybridized carbons (Fsp3) is 0.318. The van der Waals surface area contributed by atoms with Crippen molar-refractivity contribution in [2.24, 2.45) is 0 Å². The van der Waals surface area contributed by atoms with Gasteiger partial charge in [-0.15, -0.1) is 0 Å². The second-order valence-electron chi connectivity index (χ2n) is 7.39. The van der Waals surface area contributed by atoms with Gasteiger partial charge in [0.2, 0.25) is 0 Å². The van der Waals surface area contributed by atoms with Crippen molar-refractivity contribution in [3.05, 3.63) is 53.1 Å². The number of benzene rings is 2. The number of nitrogens with zero attached hydrogens (tertiary/aromatic N) is 1. The predicted molar refractivity (Wildman–Crippen MR) is 107 cm³/mol. The predicted octanol–water partition coefficient (Wildman–Crippen LogP) is 2.64. The number of methoxy groups -OCH3 is 1. The summed E-state index contributed by atoms with van der Waals surface area (Å²) in [4.78, 5) is 38.9. The number of hydrogen-bond donors (Lipinski definition) is 1. The van der Waals surface area contributed by atoms with Gasteiger partial charge in [-0.3, -0.25) is 14.5 Å². The molecule has 2 aromatic carbocycles. The molecule has 156 valence electrons. The highest BCUT2D eigenvalue weighted by Crippen LogP contribution is 2.37. The molecule has 3 amide bonds. The molecule has 0 aliphatic carbocycles. The first-order chi connectivity index (χ1) is 14.3. The highest BCUT2D eigenvalue weighted by molar-refractivity contribution is 6.07. The number of amides is 3. The molecule has 2 aliphatic heterocycles. The molecule has 0 saturated carbocycles. The van der Waals surface area contributed by atoms with E-state index in [1.54, 1.807) is 43.3 Å². The minimum Gasteiger partial charge on any atom is -0.496 e. The van der Waals surface area contributed by atoms with E-state index < -0.39 is 17.5 Å². The summed E-state index contributed by atoms with van der Waals surface area (Å²) in [6.07, 6.45) is 0. The highest BCUT2D eigenvalue weighted by atomic mass is 16.6. The molecule has 2 aromatic rings. The maximum Gasteiger partial charge on any atom is 0.325 e. The summed E-state index contributed by atoms with van der Waals surface area (Å²) in [7, 11) is 1.50. The van der Waals surface area contributed by atoms with E-state index in [1.165, 1.54) is 14.0 Å². The van der Waals surface area contributed by atoms with Crippen LogP contribution < -0.4 is 19.5 Å². The van der Waals surface area contributed by atoms with Crippen LogP contribution >= 0.6 is 0 Å². The zero-order valence-corrected chi connectivity index (χ0v) is 17.0. The van der Waals surface area contributed by atoms with Crippen LogP contribution in [0.2, 0.25) is 0 Å². The SMILES string of the molecule is COc1ccc(C(C)=O)cc1CN1C(=O)NC(C)(c2ccc3c(c2)OCCO3)C1=O. The number of fused-ring (bicyclic) bond motifs is 1. The van der Waals surface area contributed by atoms with E-state index in [-0.39, 0.29) is 12.3 Å². The molecule has 1 fully saturated rings. The van der Waals surface area contributed by atoms with Crippen LogP contribution in [0, 0.1) is 0 Å². The molecule has 30 heavy (non-hydrogen) atoms. The topological polar surface area (TPSA) is 94.2 Å². The van der Waals surface area contributed by atoms with Crippen molar-refractivity contribution in [1.82, 2.24) is 10.2 Å². The van der Waals surface area contributed by atoms with Gasteiger partial charge in [-0.05, 0) is 49.7 Å². The van der Waals surface area contributed by atoms with Crippen LogP contribution in [0.25, 0.3) is 0 Å². The molecule has 0 bridgehead atoms. The maximum atomic E-state index is 13.3. The molecule has 0 radical (unpaired) electrons. The van der Waals surface area contributed by atoms with Gasteiger partial charge in [0.25, 0.3) is 5.91 Å². The Morgan fingerprint density at radius 3 is 2.57 bits per heavy atom. The molecule has 8 heteroatoms. The molecule has 1 unspecified atom stereocenters. The fourth-order valence-corrected chi connectivity index (χ4v) is 3.68. The molecule has 4 rings (SSSR count). The Labute approximate surface area is 173 Å². The van der Waals surface area contributed by atoms with Crippen LogP contribution in [0.5, 0.6) is 17.2 Å². The van der Waals surface area contributed by atoms with Crippen LogP contribution in [0.1, 0.15) is 35.3 Å². The average Bonchev–Trinajstić information content (AvgIpc) is 2.97. The van der Waals surface area contributed by atoms with Gasteiger partial charge in [0.05, 0.1) is 13.7 Å². The number of ketones is 1. The van der Waals surface area contributed by atoms with Crippen molar-refractivity contribution in [2.45, 2.75) is 25.9 Å². The third-order valence-electron chi connectivity index (χ3n) is 5.41. The van der Waals surface area contributed by atoms with Crippen LogP contribution in [-0.4, -0.2) is 42.9 Å². The molecule has 0 aromatic heterocycles. The summed E-state index contributed by atoms with van der Waals surface area (Å²) < 4.78 is 16.5. The fourth-order valence-electron chi connectivity index (χ4n) is 3.68. The average molecular weight is 410 g/mol. The summed E-state index contributed by atoms with van der Waals surface area (Å²) in [6.45, 7) is 3.98. The monoisotopic (exact) mass is 410 g/mol. The Balaban J connectivity index is 1.65. The molecule has 2 aliphatic rings. The van der Waals surface area contributed by atoms with Gasteiger partial charge in [0.15, 0.2) is 17.3 Å². The summed E-state index contributed by atoms with van der Waals surface area (Å²) >= 11 is 0. The summed E-state index contributed by atoms with van der Waals surface area (Å²) in [5, 5.41) is 2.78. The number of hydrogen-bond acceptors (Lipinski definition) is 6. The summed E-state index contributed by atoms with van der Waals surface area (Å²) in [6, 6.07) is 9.62. The Morgan fingerprint density at radius 2 is 1.87 bits per heavy atom. The van der Waals surface area contributed by atoms with E-state index in [2.05, 4.69) is 5.32 Å². The first-order valence-electron chi connectivity index (χ1n) is 9.55. The number of nitrogens with one attached hydrogen (secondary N) is 1. The zero-order valence-electron chi connectivity index (χ0n) is 17.0. The minimum atomic E-state index is -1.25. The van der Waals surface area contributed by atoms with Gasteiger partial charge in [0.1, 0.15) is 24.5 Å². The number of urea groups is 1.